The van der Waals surface area contributed by atoms with Crippen molar-refractivity contribution in [3.8, 4) is 0 Å². The van der Waals surface area contributed by atoms with Crippen LogP contribution in [0.25, 0.3) is 0 Å². The summed E-state index contributed by atoms with van der Waals surface area (Å²) in [5.74, 6) is -7.17. The third-order valence-electron chi connectivity index (χ3n) is 5.30. The van der Waals surface area contributed by atoms with Crippen molar-refractivity contribution in [2.45, 2.75) is 45.7 Å². The number of halogens is 4. The van der Waals surface area contributed by atoms with Crippen LogP contribution in [0.4, 0.5) is 23.2 Å². The van der Waals surface area contributed by atoms with Gasteiger partial charge < -0.3 is 10.4 Å². The molecule has 2 aromatic carbocycles. The summed E-state index contributed by atoms with van der Waals surface area (Å²) >= 11 is 0. The van der Waals surface area contributed by atoms with E-state index in [1.54, 1.807) is 12.1 Å². The molecule has 0 aliphatic rings. The summed E-state index contributed by atoms with van der Waals surface area (Å²) < 4.78 is 54.7. The first-order valence-corrected chi connectivity index (χ1v) is 9.91. The molecule has 2 rings (SSSR count). The van der Waals surface area contributed by atoms with E-state index in [-0.39, 0.29) is 17.7 Å². The number of aliphatic carboxylic acids is 1. The third-order valence-corrected chi connectivity index (χ3v) is 5.30. The number of carboxylic acids is 1. The molecule has 0 aliphatic carbocycles. The molecule has 0 aliphatic heterocycles. The number of aryl methyl sites for hydroxylation is 1. The van der Waals surface area contributed by atoms with Crippen molar-refractivity contribution < 1.29 is 32.3 Å². The second kappa shape index (κ2) is 9.94. The lowest BCUT2D eigenvalue weighted by Crippen LogP contribution is -2.34. The third kappa shape index (κ3) is 6.29. The van der Waals surface area contributed by atoms with E-state index < -0.39 is 41.6 Å². The largest absolute Gasteiger partial charge is 0.481 e. The molecule has 168 valence electrons. The Morgan fingerprint density at radius 2 is 1.61 bits per heavy atom. The zero-order valence-electron chi connectivity index (χ0n) is 17.5. The fraction of sp³-hybridized carbons (Fsp3) is 0.391. The summed E-state index contributed by atoms with van der Waals surface area (Å²) in [6.45, 7) is 4.29. The number of amides is 1. The summed E-state index contributed by atoms with van der Waals surface area (Å²) in [4.78, 5) is 23.9. The molecular weight excluding hydrogens is 414 g/mol. The lowest BCUT2D eigenvalue weighted by molar-refractivity contribution is -0.178. The van der Waals surface area contributed by atoms with Gasteiger partial charge in [-0.05, 0) is 41.7 Å². The average Bonchev–Trinajstić information content (AvgIpc) is 2.70. The maximum absolute atomic E-state index is 14.3. The summed E-state index contributed by atoms with van der Waals surface area (Å²) in [7, 11) is 0. The number of carbonyl (C=O) groups excluding carboxylic acids is 1. The molecule has 0 unspecified atom stereocenters. The van der Waals surface area contributed by atoms with Crippen LogP contribution < -0.4 is 5.32 Å². The molecule has 3 atom stereocenters. The number of anilines is 1. The molecule has 0 bridgehead atoms. The van der Waals surface area contributed by atoms with Crippen LogP contribution in [-0.2, 0) is 22.4 Å². The number of hydrogen-bond acceptors (Lipinski definition) is 2. The highest BCUT2D eigenvalue weighted by Crippen LogP contribution is 2.38. The molecule has 0 saturated heterocycles. The molecule has 0 radical (unpaired) electrons. The first-order valence-electron chi connectivity index (χ1n) is 9.91. The molecule has 8 heteroatoms. The van der Waals surface area contributed by atoms with Gasteiger partial charge in [-0.1, -0.05) is 51.1 Å². The maximum atomic E-state index is 14.3. The molecule has 0 heterocycles. The molecule has 2 N–H and O–H groups in total. The Hall–Kier alpha value is -2.90. The zero-order valence-corrected chi connectivity index (χ0v) is 17.5. The van der Waals surface area contributed by atoms with Gasteiger partial charge >= 0.3 is 12.1 Å². The van der Waals surface area contributed by atoms with Gasteiger partial charge in [-0.2, -0.15) is 13.2 Å². The van der Waals surface area contributed by atoms with Crippen LogP contribution in [0.2, 0.25) is 0 Å². The molecular formula is C23H25F4NO3. The normalized spacial score (nSPS) is 14.5. The minimum Gasteiger partial charge on any atom is -0.481 e. The number of nitrogens with one attached hydrogen (secondary N) is 1. The highest BCUT2D eigenvalue weighted by molar-refractivity contribution is 5.96. The molecule has 4 nitrogen and oxygen atoms in total. The van der Waals surface area contributed by atoms with E-state index in [1.165, 1.54) is 31.2 Å². The van der Waals surface area contributed by atoms with Crippen LogP contribution in [0, 0.1) is 17.7 Å². The molecule has 0 aromatic heterocycles. The van der Waals surface area contributed by atoms with Crippen molar-refractivity contribution in [1.82, 2.24) is 0 Å². The fourth-order valence-electron chi connectivity index (χ4n) is 3.26. The van der Waals surface area contributed by atoms with Crippen LogP contribution in [0.5, 0.6) is 0 Å². The van der Waals surface area contributed by atoms with Gasteiger partial charge in [-0.25, -0.2) is 4.39 Å². The number of hydrogen-bond donors (Lipinski definition) is 2. The van der Waals surface area contributed by atoms with Gasteiger partial charge in [0.15, 0.2) is 0 Å². The van der Waals surface area contributed by atoms with E-state index in [4.69, 9.17) is 5.11 Å². The fourth-order valence-corrected chi connectivity index (χ4v) is 3.26. The van der Waals surface area contributed by atoms with Crippen LogP contribution in [0.3, 0.4) is 0 Å². The molecule has 31 heavy (non-hydrogen) atoms. The minimum atomic E-state index is -4.64. The van der Waals surface area contributed by atoms with Gasteiger partial charge in [0.2, 0.25) is 5.91 Å². The Morgan fingerprint density at radius 1 is 1.03 bits per heavy atom. The first kappa shape index (κ1) is 24.4. The highest BCUT2D eigenvalue weighted by atomic mass is 19.4. The van der Waals surface area contributed by atoms with E-state index in [9.17, 15) is 27.2 Å². The number of alkyl halides is 3. The molecule has 0 saturated carbocycles. The Bertz CT molecular complexity index is 925. The summed E-state index contributed by atoms with van der Waals surface area (Å²) in [6.07, 6.45) is -3.86. The van der Waals surface area contributed by atoms with Crippen LogP contribution >= 0.6 is 0 Å². The quantitative estimate of drug-likeness (QED) is 0.529. The number of benzene rings is 2. The van der Waals surface area contributed by atoms with E-state index in [0.29, 0.717) is 12.0 Å². The van der Waals surface area contributed by atoms with Gasteiger partial charge in [-0.15, -0.1) is 0 Å². The van der Waals surface area contributed by atoms with E-state index in [2.05, 4.69) is 5.32 Å². The predicted octanol–water partition coefficient (Wildman–Crippen LogP) is 5.57. The van der Waals surface area contributed by atoms with Crippen molar-refractivity contribution >= 4 is 17.6 Å². The lowest BCUT2D eigenvalue weighted by Gasteiger charge is -2.26. The molecule has 0 spiro atoms. The van der Waals surface area contributed by atoms with Crippen LogP contribution in [0.1, 0.15) is 43.4 Å². The van der Waals surface area contributed by atoms with E-state index in [0.717, 1.165) is 18.6 Å². The van der Waals surface area contributed by atoms with Crippen molar-refractivity contribution in [2.24, 2.45) is 11.8 Å². The summed E-state index contributed by atoms with van der Waals surface area (Å²) in [6, 6.07) is 9.96. The van der Waals surface area contributed by atoms with Gasteiger partial charge in [-0.3, -0.25) is 9.59 Å². The Balaban J connectivity index is 2.35. The summed E-state index contributed by atoms with van der Waals surface area (Å²) in [5.41, 5.74) is 1.24. The van der Waals surface area contributed by atoms with Crippen molar-refractivity contribution in [3.05, 3.63) is 65.0 Å². The SMILES string of the molecule is CCc1ccc([C@@H](C(=O)Nc2cc(C[C@H](C)C(=O)O)ccc2F)[C@@H](C)C(F)(F)F)cc1. The predicted molar refractivity (Wildman–Crippen MR) is 109 cm³/mol. The Labute approximate surface area is 178 Å². The second-order valence-electron chi connectivity index (χ2n) is 7.65. The lowest BCUT2D eigenvalue weighted by atomic mass is 9.85. The molecule has 2 aromatic rings. The smallest absolute Gasteiger partial charge is 0.392 e. The standard InChI is InChI=1S/C23H25F4NO3/c1-4-15-5-8-17(9-6-15)20(14(3)23(25,26)27)21(29)28-19-12-16(7-10-18(19)24)11-13(2)22(30)31/h5-10,12-14,20H,4,11H2,1-3H3,(H,28,29)(H,30,31)/t13-,14+,20-/m0/s1. The topological polar surface area (TPSA) is 66.4 Å². The molecule has 0 fully saturated rings. The summed E-state index contributed by atoms with van der Waals surface area (Å²) in [5, 5.41) is 11.3. The zero-order chi connectivity index (χ0) is 23.3. The van der Waals surface area contributed by atoms with Gasteiger partial charge in [0.1, 0.15) is 5.82 Å². The Kier molecular flexibility index (Phi) is 7.81. The van der Waals surface area contributed by atoms with Crippen molar-refractivity contribution in [2.75, 3.05) is 5.32 Å². The number of rotatable bonds is 8. The first-order chi connectivity index (χ1) is 14.4. The maximum Gasteiger partial charge on any atom is 0.392 e. The molecule has 1 amide bonds. The number of carboxylic acid groups (broad SMARTS) is 1. The van der Waals surface area contributed by atoms with Gasteiger partial charge in [0.25, 0.3) is 0 Å². The van der Waals surface area contributed by atoms with Crippen LogP contribution in [0.15, 0.2) is 42.5 Å². The van der Waals surface area contributed by atoms with E-state index in [1.807, 2.05) is 6.92 Å². The second-order valence-corrected chi connectivity index (χ2v) is 7.65. The van der Waals surface area contributed by atoms with Crippen molar-refractivity contribution in [3.63, 3.8) is 0 Å². The number of carbonyl (C=O) groups is 2. The highest BCUT2D eigenvalue weighted by Gasteiger charge is 2.45. The van der Waals surface area contributed by atoms with E-state index >= 15 is 0 Å². The Morgan fingerprint density at radius 3 is 2.13 bits per heavy atom. The van der Waals surface area contributed by atoms with Gasteiger partial charge in [0, 0.05) is 0 Å². The monoisotopic (exact) mass is 439 g/mol. The van der Waals surface area contributed by atoms with Gasteiger partial charge in [0.05, 0.1) is 23.4 Å². The minimum absolute atomic E-state index is 0.0827. The van der Waals surface area contributed by atoms with Crippen molar-refractivity contribution in [1.29, 1.82) is 0 Å². The van der Waals surface area contributed by atoms with Crippen LogP contribution in [-0.4, -0.2) is 23.2 Å². The average molecular weight is 439 g/mol.